The van der Waals surface area contributed by atoms with Crippen LogP contribution >= 0.6 is 11.8 Å². The van der Waals surface area contributed by atoms with E-state index in [9.17, 15) is 24.0 Å². The lowest BCUT2D eigenvalue weighted by Crippen LogP contribution is -2.56. The second-order valence-corrected chi connectivity index (χ2v) is 7.86. The van der Waals surface area contributed by atoms with Crippen LogP contribution in [0.5, 0.6) is 0 Å². The summed E-state index contributed by atoms with van der Waals surface area (Å²) in [5.41, 5.74) is 10.8. The third-order valence-corrected chi connectivity index (χ3v) is 5.19. The lowest BCUT2D eigenvalue weighted by Gasteiger charge is -2.28. The fourth-order valence-corrected chi connectivity index (χ4v) is 3.44. The zero-order valence-electron chi connectivity index (χ0n) is 16.6. The van der Waals surface area contributed by atoms with E-state index in [-0.39, 0.29) is 6.42 Å². The van der Waals surface area contributed by atoms with Crippen LogP contribution in [0.15, 0.2) is 0 Å². The summed E-state index contributed by atoms with van der Waals surface area (Å²) in [6.45, 7) is 1.63. The molecule has 0 radical (unpaired) electrons. The molecule has 11 nitrogen and oxygen atoms in total. The molecule has 0 aliphatic carbocycles. The Morgan fingerprint density at radius 3 is 2.45 bits per heavy atom. The number of aliphatic carboxylic acids is 1. The molecule has 29 heavy (non-hydrogen) atoms. The number of amides is 4. The van der Waals surface area contributed by atoms with Gasteiger partial charge in [-0.3, -0.25) is 24.0 Å². The van der Waals surface area contributed by atoms with E-state index in [0.29, 0.717) is 31.6 Å². The van der Waals surface area contributed by atoms with Gasteiger partial charge in [0.05, 0.1) is 12.5 Å². The number of primary amides is 1. The molecule has 4 unspecified atom stereocenters. The van der Waals surface area contributed by atoms with Crippen molar-refractivity contribution < 1.29 is 29.1 Å². The number of nitrogens with zero attached hydrogens (tertiary/aromatic N) is 1. The lowest BCUT2D eigenvalue weighted by atomic mass is 10.1. The Morgan fingerprint density at radius 2 is 1.90 bits per heavy atom. The highest BCUT2D eigenvalue weighted by Crippen LogP contribution is 2.19. The van der Waals surface area contributed by atoms with Gasteiger partial charge in [0.1, 0.15) is 18.1 Å². The number of rotatable bonds is 11. The van der Waals surface area contributed by atoms with Gasteiger partial charge < -0.3 is 32.1 Å². The predicted molar refractivity (Wildman–Crippen MR) is 107 cm³/mol. The topological polar surface area (TPSA) is 185 Å². The van der Waals surface area contributed by atoms with Gasteiger partial charge in [0.25, 0.3) is 0 Å². The summed E-state index contributed by atoms with van der Waals surface area (Å²) in [7, 11) is 0. The van der Waals surface area contributed by atoms with Crippen molar-refractivity contribution in [3.8, 4) is 0 Å². The van der Waals surface area contributed by atoms with E-state index in [1.54, 1.807) is 0 Å². The first-order valence-electron chi connectivity index (χ1n) is 9.25. The molecule has 0 saturated carbocycles. The highest BCUT2D eigenvalue weighted by atomic mass is 32.2. The minimum absolute atomic E-state index is 0.299. The highest BCUT2D eigenvalue weighted by Gasteiger charge is 2.38. The molecule has 4 atom stereocenters. The highest BCUT2D eigenvalue weighted by molar-refractivity contribution is 7.98. The van der Waals surface area contributed by atoms with Crippen LogP contribution < -0.4 is 22.1 Å². The molecular formula is C17H29N5O6S. The molecule has 0 bridgehead atoms. The molecule has 12 heteroatoms. The van der Waals surface area contributed by atoms with Crippen molar-refractivity contribution in [2.45, 2.75) is 56.8 Å². The van der Waals surface area contributed by atoms with Gasteiger partial charge in [-0.05, 0) is 38.2 Å². The van der Waals surface area contributed by atoms with Gasteiger partial charge in [-0.25, -0.2) is 0 Å². The Labute approximate surface area is 173 Å². The Balaban J connectivity index is 2.83. The van der Waals surface area contributed by atoms with Gasteiger partial charge in [0.15, 0.2) is 0 Å². The maximum Gasteiger partial charge on any atom is 0.325 e. The molecule has 4 amide bonds. The Kier molecular flexibility index (Phi) is 9.89. The molecule has 1 aliphatic heterocycles. The predicted octanol–water partition coefficient (Wildman–Crippen LogP) is -1.99. The van der Waals surface area contributed by atoms with Crippen LogP contribution in [0, 0.1) is 0 Å². The molecule has 164 valence electrons. The number of carbonyl (C=O) groups excluding carboxylic acids is 4. The maximum absolute atomic E-state index is 12.8. The largest absolute Gasteiger partial charge is 0.480 e. The summed E-state index contributed by atoms with van der Waals surface area (Å²) >= 11 is 1.47. The second-order valence-electron chi connectivity index (χ2n) is 6.88. The van der Waals surface area contributed by atoms with E-state index >= 15 is 0 Å². The number of hydrogen-bond acceptors (Lipinski definition) is 7. The quantitative estimate of drug-likeness (QED) is 0.249. The first kappa shape index (κ1) is 24.7. The van der Waals surface area contributed by atoms with Gasteiger partial charge in [-0.2, -0.15) is 11.8 Å². The third-order valence-electron chi connectivity index (χ3n) is 4.55. The number of thioether (sulfide) groups is 1. The van der Waals surface area contributed by atoms with E-state index in [0.717, 1.165) is 0 Å². The van der Waals surface area contributed by atoms with Gasteiger partial charge in [0.2, 0.25) is 23.6 Å². The Hall–Kier alpha value is -2.34. The van der Waals surface area contributed by atoms with Crippen molar-refractivity contribution in [1.82, 2.24) is 15.5 Å². The van der Waals surface area contributed by atoms with Crippen molar-refractivity contribution >= 4 is 41.4 Å². The second kappa shape index (κ2) is 11.6. The molecule has 1 saturated heterocycles. The van der Waals surface area contributed by atoms with E-state index < -0.39 is 53.8 Å². The zero-order chi connectivity index (χ0) is 22.1. The van der Waals surface area contributed by atoms with Crippen molar-refractivity contribution in [3.63, 3.8) is 0 Å². The van der Waals surface area contributed by atoms with Crippen molar-refractivity contribution in [1.29, 1.82) is 0 Å². The summed E-state index contributed by atoms with van der Waals surface area (Å²) < 4.78 is 0. The molecule has 1 rings (SSSR count). The Morgan fingerprint density at radius 1 is 1.24 bits per heavy atom. The summed E-state index contributed by atoms with van der Waals surface area (Å²) in [6.07, 6.45) is 2.78. The molecule has 0 aromatic heterocycles. The van der Waals surface area contributed by atoms with E-state index in [4.69, 9.17) is 16.6 Å². The van der Waals surface area contributed by atoms with Crippen LogP contribution in [0.3, 0.4) is 0 Å². The smallest absolute Gasteiger partial charge is 0.325 e. The molecular weight excluding hydrogens is 402 g/mol. The van der Waals surface area contributed by atoms with Gasteiger partial charge in [-0.15, -0.1) is 0 Å². The van der Waals surface area contributed by atoms with Crippen LogP contribution in [-0.2, 0) is 24.0 Å². The first-order chi connectivity index (χ1) is 13.6. The lowest BCUT2D eigenvalue weighted by molar-refractivity contribution is -0.142. The van der Waals surface area contributed by atoms with E-state index in [1.165, 1.54) is 23.6 Å². The fourth-order valence-electron chi connectivity index (χ4n) is 2.97. The standard InChI is InChI=1S/C17H29N5O6S/c1-9(17(27)28)20-14(24)11(5-7-29-2)21-15(25)12-4-3-6-22(12)16(26)10(18)8-13(19)23/h9-12H,3-8,18H2,1-2H3,(H2,19,23)(H,20,24)(H,21,25)(H,27,28). The van der Waals surface area contributed by atoms with Crippen molar-refractivity contribution in [2.75, 3.05) is 18.6 Å². The minimum Gasteiger partial charge on any atom is -0.480 e. The number of carboxylic acids is 1. The van der Waals surface area contributed by atoms with E-state index in [1.807, 2.05) is 6.26 Å². The molecule has 0 spiro atoms. The number of nitrogens with one attached hydrogen (secondary N) is 2. The van der Waals surface area contributed by atoms with Crippen LogP contribution in [0.2, 0.25) is 0 Å². The Bertz CT molecular complexity index is 646. The molecule has 7 N–H and O–H groups in total. The zero-order valence-corrected chi connectivity index (χ0v) is 17.4. The average Bonchev–Trinajstić information content (AvgIpc) is 3.13. The monoisotopic (exact) mass is 431 g/mol. The fraction of sp³-hybridized carbons (Fsp3) is 0.706. The number of nitrogens with two attached hydrogens (primary N) is 2. The van der Waals surface area contributed by atoms with E-state index in [2.05, 4.69) is 10.6 Å². The van der Waals surface area contributed by atoms with Crippen LogP contribution in [0.25, 0.3) is 0 Å². The summed E-state index contributed by atoms with van der Waals surface area (Å²) in [4.78, 5) is 60.9. The van der Waals surface area contributed by atoms with Crippen LogP contribution in [-0.4, -0.2) is 82.3 Å². The van der Waals surface area contributed by atoms with Crippen molar-refractivity contribution in [2.24, 2.45) is 11.5 Å². The number of likely N-dealkylation sites (tertiary alicyclic amines) is 1. The number of carbonyl (C=O) groups is 5. The van der Waals surface area contributed by atoms with Crippen LogP contribution in [0.1, 0.15) is 32.6 Å². The molecule has 1 heterocycles. The normalized spacial score (nSPS) is 19.1. The van der Waals surface area contributed by atoms with Crippen LogP contribution in [0.4, 0.5) is 0 Å². The molecule has 1 fully saturated rings. The average molecular weight is 432 g/mol. The molecule has 0 aromatic rings. The number of carboxylic acid groups (broad SMARTS) is 1. The summed E-state index contributed by atoms with van der Waals surface area (Å²) in [5.74, 6) is -3.02. The number of hydrogen-bond donors (Lipinski definition) is 5. The summed E-state index contributed by atoms with van der Waals surface area (Å²) in [6, 6.07) is -3.99. The molecule has 1 aliphatic rings. The van der Waals surface area contributed by atoms with Gasteiger partial charge >= 0.3 is 5.97 Å². The summed E-state index contributed by atoms with van der Waals surface area (Å²) in [5, 5.41) is 13.9. The van der Waals surface area contributed by atoms with Gasteiger partial charge in [-0.1, -0.05) is 0 Å². The SMILES string of the molecule is CSCCC(NC(=O)C1CCCN1C(=O)C(N)CC(N)=O)C(=O)NC(C)C(=O)O. The van der Waals surface area contributed by atoms with Crippen molar-refractivity contribution in [3.05, 3.63) is 0 Å². The van der Waals surface area contributed by atoms with Gasteiger partial charge in [0, 0.05) is 6.54 Å². The maximum atomic E-state index is 12.8. The third kappa shape index (κ3) is 7.54. The minimum atomic E-state index is -1.19. The molecule has 0 aromatic carbocycles. The first-order valence-corrected chi connectivity index (χ1v) is 10.6.